The van der Waals surface area contributed by atoms with Crippen LogP contribution < -0.4 is 20.3 Å². The van der Waals surface area contributed by atoms with Crippen molar-refractivity contribution in [2.75, 3.05) is 19.5 Å². The Kier molecular flexibility index (Phi) is 6.23. The lowest BCUT2D eigenvalue weighted by molar-refractivity contribution is 0.0910. The lowest BCUT2D eigenvalue weighted by Crippen LogP contribution is -2.37. The van der Waals surface area contributed by atoms with Gasteiger partial charge in [-0.25, -0.2) is 0 Å². The van der Waals surface area contributed by atoms with Gasteiger partial charge in [0.15, 0.2) is 5.78 Å². The lowest BCUT2D eigenvalue weighted by Gasteiger charge is -2.31. The predicted octanol–water partition coefficient (Wildman–Crippen LogP) is 4.92. The van der Waals surface area contributed by atoms with E-state index in [2.05, 4.69) is 5.32 Å². The molecule has 1 heterocycles. The molecular weight excluding hydrogens is 456 g/mol. The molecule has 8 heteroatoms. The number of hydrogen-bond acceptors (Lipinski definition) is 5. The van der Waals surface area contributed by atoms with Gasteiger partial charge in [0.2, 0.25) is 0 Å². The molecule has 0 saturated carbocycles. The first kappa shape index (κ1) is 23.6. The maximum Gasteiger partial charge on any atom is 0.268 e. The summed E-state index contributed by atoms with van der Waals surface area (Å²) < 4.78 is 11.9. The summed E-state index contributed by atoms with van der Waals surface area (Å²) in [4.78, 5) is 40.3. The number of ether oxygens (including phenoxy) is 2. The first-order valence-electron chi connectivity index (χ1n) is 10.7. The molecule has 0 saturated heterocycles. The fourth-order valence-corrected chi connectivity index (χ4v) is 4.39. The zero-order valence-electron chi connectivity index (χ0n) is 19.4. The van der Waals surface area contributed by atoms with Crippen LogP contribution in [0.25, 0.3) is 5.69 Å². The fourth-order valence-electron chi connectivity index (χ4n) is 4.27. The third kappa shape index (κ3) is 4.43. The lowest BCUT2D eigenvalue weighted by atomic mass is 9.73. The van der Waals surface area contributed by atoms with E-state index in [0.29, 0.717) is 51.9 Å². The molecule has 1 aliphatic carbocycles. The summed E-state index contributed by atoms with van der Waals surface area (Å²) in [5, 5.41) is 3.29. The second kappa shape index (κ2) is 8.99. The number of aromatic nitrogens is 1. The number of Topliss-reactive ketones (excluding diaryl/α,β-unsaturated/α-hetero) is 1. The Morgan fingerprint density at radius 2 is 1.74 bits per heavy atom. The van der Waals surface area contributed by atoms with E-state index in [0.717, 1.165) is 0 Å². The van der Waals surface area contributed by atoms with E-state index in [4.69, 9.17) is 21.1 Å². The minimum atomic E-state index is -0.624. The molecule has 0 bridgehead atoms. The van der Waals surface area contributed by atoms with Crippen molar-refractivity contribution in [2.24, 2.45) is 5.41 Å². The van der Waals surface area contributed by atoms with E-state index in [9.17, 15) is 14.4 Å². The Balaban J connectivity index is 1.90. The van der Waals surface area contributed by atoms with E-state index in [-0.39, 0.29) is 16.8 Å². The molecule has 176 valence electrons. The highest BCUT2D eigenvalue weighted by Crippen LogP contribution is 2.36. The number of halogens is 1. The summed E-state index contributed by atoms with van der Waals surface area (Å²) in [6.07, 6.45) is 2.27. The van der Waals surface area contributed by atoms with Crippen LogP contribution in [0.3, 0.4) is 0 Å². The molecule has 1 aromatic heterocycles. The van der Waals surface area contributed by atoms with Gasteiger partial charge in [-0.2, -0.15) is 0 Å². The predicted molar refractivity (Wildman–Crippen MR) is 131 cm³/mol. The van der Waals surface area contributed by atoms with E-state index in [1.165, 1.54) is 25.0 Å². The molecule has 7 nitrogen and oxygen atoms in total. The molecule has 4 rings (SSSR count). The Morgan fingerprint density at radius 1 is 1.03 bits per heavy atom. The SMILES string of the molecule is COc1ccc(OC)c(NC(=O)c2c3c(cn(-c4ccc(Cl)cc4)c2=O)C(=O)CC(C)(C)C3)c1. The highest BCUT2D eigenvalue weighted by atomic mass is 35.5. The number of ketones is 1. The largest absolute Gasteiger partial charge is 0.497 e. The summed E-state index contributed by atoms with van der Waals surface area (Å²) in [5.41, 5.74) is 0.703. The fraction of sp³-hybridized carbons (Fsp3) is 0.269. The summed E-state index contributed by atoms with van der Waals surface area (Å²) in [5.74, 6) is 0.193. The van der Waals surface area contributed by atoms with E-state index < -0.39 is 11.5 Å². The second-order valence-electron chi connectivity index (χ2n) is 9.01. The number of fused-ring (bicyclic) bond motifs is 1. The highest BCUT2D eigenvalue weighted by Gasteiger charge is 2.36. The molecule has 0 fully saturated rings. The molecule has 0 aliphatic heterocycles. The average molecular weight is 481 g/mol. The molecule has 2 aromatic carbocycles. The van der Waals surface area contributed by atoms with Gasteiger partial charge in [-0.15, -0.1) is 0 Å². The molecule has 0 radical (unpaired) electrons. The van der Waals surface area contributed by atoms with Gasteiger partial charge in [0.1, 0.15) is 17.1 Å². The van der Waals surface area contributed by atoms with Crippen molar-refractivity contribution >= 4 is 29.0 Å². The molecule has 1 aliphatic rings. The van der Waals surface area contributed by atoms with Crippen molar-refractivity contribution in [3.8, 4) is 17.2 Å². The minimum Gasteiger partial charge on any atom is -0.497 e. The van der Waals surface area contributed by atoms with Crippen molar-refractivity contribution in [1.82, 2.24) is 4.57 Å². The smallest absolute Gasteiger partial charge is 0.268 e. The maximum atomic E-state index is 13.7. The first-order valence-corrected chi connectivity index (χ1v) is 11.1. The standard InChI is InChI=1S/C26H25ClN2O5/c1-26(2)12-18-19(21(30)13-26)14-29(16-7-5-15(27)6-8-16)25(32)23(18)24(31)28-20-11-17(33-3)9-10-22(20)34-4/h5-11,14H,12-13H2,1-4H3,(H,28,31). The van der Waals surface area contributed by atoms with Crippen molar-refractivity contribution in [3.63, 3.8) is 0 Å². The van der Waals surface area contributed by atoms with Crippen LogP contribution in [-0.4, -0.2) is 30.5 Å². The van der Waals surface area contributed by atoms with Crippen LogP contribution in [-0.2, 0) is 6.42 Å². The van der Waals surface area contributed by atoms with Gasteiger partial charge < -0.3 is 14.8 Å². The number of nitrogens with zero attached hydrogens (tertiary/aromatic N) is 1. The van der Waals surface area contributed by atoms with Gasteiger partial charge in [-0.1, -0.05) is 25.4 Å². The van der Waals surface area contributed by atoms with Crippen molar-refractivity contribution in [1.29, 1.82) is 0 Å². The van der Waals surface area contributed by atoms with E-state index >= 15 is 0 Å². The minimum absolute atomic E-state index is 0.0709. The van der Waals surface area contributed by atoms with Crippen LogP contribution in [0.4, 0.5) is 5.69 Å². The molecular formula is C26H25ClN2O5. The monoisotopic (exact) mass is 480 g/mol. The number of amides is 1. The quantitative estimate of drug-likeness (QED) is 0.560. The first-order chi connectivity index (χ1) is 16.1. The number of carbonyl (C=O) groups excluding carboxylic acids is 2. The van der Waals surface area contributed by atoms with Gasteiger partial charge in [-0.05, 0) is 53.8 Å². The third-order valence-electron chi connectivity index (χ3n) is 5.90. The zero-order chi connectivity index (χ0) is 24.6. The molecule has 3 aromatic rings. The Bertz CT molecular complexity index is 1340. The van der Waals surface area contributed by atoms with Crippen LogP contribution in [0.15, 0.2) is 53.5 Å². The Labute approximate surface area is 202 Å². The summed E-state index contributed by atoms with van der Waals surface area (Å²) in [7, 11) is 3.00. The van der Waals surface area contributed by atoms with Crippen LogP contribution in [0.1, 0.15) is 46.5 Å². The third-order valence-corrected chi connectivity index (χ3v) is 6.15. The van der Waals surface area contributed by atoms with Gasteiger partial charge in [-0.3, -0.25) is 19.0 Å². The number of anilines is 1. The number of carbonyl (C=O) groups is 2. The second-order valence-corrected chi connectivity index (χ2v) is 9.45. The number of benzene rings is 2. The topological polar surface area (TPSA) is 86.6 Å². The van der Waals surface area contributed by atoms with Gasteiger partial charge in [0, 0.05) is 35.0 Å². The normalized spacial score (nSPS) is 14.3. The van der Waals surface area contributed by atoms with E-state index in [1.54, 1.807) is 42.5 Å². The van der Waals surface area contributed by atoms with Crippen LogP contribution in [0.5, 0.6) is 11.5 Å². The number of methoxy groups -OCH3 is 2. The van der Waals surface area contributed by atoms with Crippen molar-refractivity contribution in [3.05, 3.63) is 80.7 Å². The summed E-state index contributed by atoms with van der Waals surface area (Å²) in [6.45, 7) is 3.90. The van der Waals surface area contributed by atoms with Crippen LogP contribution in [0, 0.1) is 5.41 Å². The van der Waals surface area contributed by atoms with Crippen LogP contribution >= 0.6 is 11.6 Å². The number of rotatable bonds is 5. The number of hydrogen-bond donors (Lipinski definition) is 1. The highest BCUT2D eigenvalue weighted by molar-refractivity contribution is 6.30. The average Bonchev–Trinajstić information content (AvgIpc) is 2.78. The number of pyridine rings is 1. The zero-order valence-corrected chi connectivity index (χ0v) is 20.2. The van der Waals surface area contributed by atoms with Gasteiger partial charge in [0.25, 0.3) is 11.5 Å². The Hall–Kier alpha value is -3.58. The van der Waals surface area contributed by atoms with E-state index in [1.807, 2.05) is 13.8 Å². The van der Waals surface area contributed by atoms with Crippen molar-refractivity contribution < 1.29 is 19.1 Å². The number of nitrogens with one attached hydrogen (secondary N) is 1. The molecule has 1 amide bonds. The maximum absolute atomic E-state index is 13.7. The van der Waals surface area contributed by atoms with Crippen molar-refractivity contribution in [2.45, 2.75) is 26.7 Å². The summed E-state index contributed by atoms with van der Waals surface area (Å²) in [6, 6.07) is 11.6. The molecule has 0 unspecified atom stereocenters. The van der Waals surface area contributed by atoms with Gasteiger partial charge in [0.05, 0.1) is 19.9 Å². The molecule has 1 N–H and O–H groups in total. The summed E-state index contributed by atoms with van der Waals surface area (Å²) >= 11 is 6.01. The van der Waals surface area contributed by atoms with Gasteiger partial charge >= 0.3 is 0 Å². The molecule has 34 heavy (non-hydrogen) atoms. The Morgan fingerprint density at radius 3 is 2.38 bits per heavy atom. The van der Waals surface area contributed by atoms with Crippen LogP contribution in [0.2, 0.25) is 5.02 Å². The molecule has 0 atom stereocenters. The molecule has 0 spiro atoms.